The number of nitrogens with zero attached hydrogens (tertiary/aromatic N) is 1. The average Bonchev–Trinajstić information content (AvgIpc) is 2.60. The van der Waals surface area contributed by atoms with E-state index in [-0.39, 0.29) is 19.6 Å². The number of hydrogen-bond donors (Lipinski definition) is 1. The maximum atomic E-state index is 13.4. The lowest BCUT2D eigenvalue weighted by molar-refractivity contribution is -0.137. The molecule has 0 aliphatic carbocycles. The van der Waals surface area contributed by atoms with Gasteiger partial charge in [-0.2, -0.15) is 0 Å². The fraction of sp³-hybridized carbons (Fsp3) is 0.263. The maximum Gasteiger partial charge on any atom is 0.410 e. The summed E-state index contributed by atoms with van der Waals surface area (Å²) in [4.78, 5) is 24.6. The molecule has 6 heteroatoms. The Balaban J connectivity index is 2.10. The Bertz CT molecular complexity index is 720. The SMILES string of the molecule is CC(c1cccc(F)c1)N(CCC(=O)O)C(=O)OCc1ccccc1. The molecule has 0 radical (unpaired) electrons. The summed E-state index contributed by atoms with van der Waals surface area (Å²) in [7, 11) is 0. The zero-order chi connectivity index (χ0) is 18.2. The van der Waals surface area contributed by atoms with Gasteiger partial charge >= 0.3 is 12.1 Å². The standard InChI is InChI=1S/C19H20FNO4/c1-14(16-8-5-9-17(20)12-16)21(11-10-18(22)23)19(24)25-13-15-6-3-2-4-7-15/h2-9,12,14H,10-11,13H2,1H3,(H,22,23). The first-order valence-corrected chi connectivity index (χ1v) is 7.92. The number of carbonyl (C=O) groups is 2. The molecule has 2 aromatic rings. The van der Waals surface area contributed by atoms with E-state index in [0.29, 0.717) is 5.56 Å². The zero-order valence-corrected chi connectivity index (χ0v) is 13.9. The van der Waals surface area contributed by atoms with E-state index < -0.39 is 23.9 Å². The van der Waals surface area contributed by atoms with Gasteiger partial charge in [0.25, 0.3) is 0 Å². The summed E-state index contributed by atoms with van der Waals surface area (Å²) in [6.45, 7) is 1.76. The topological polar surface area (TPSA) is 66.8 Å². The van der Waals surface area contributed by atoms with Crippen LogP contribution in [0.4, 0.5) is 9.18 Å². The zero-order valence-electron chi connectivity index (χ0n) is 13.9. The normalized spacial score (nSPS) is 11.6. The molecule has 0 heterocycles. The van der Waals surface area contributed by atoms with E-state index in [0.717, 1.165) is 5.56 Å². The average molecular weight is 345 g/mol. The Hall–Kier alpha value is -2.89. The third kappa shape index (κ3) is 5.60. The maximum absolute atomic E-state index is 13.4. The summed E-state index contributed by atoms with van der Waals surface area (Å²) < 4.78 is 18.7. The van der Waals surface area contributed by atoms with Gasteiger partial charge in [0.2, 0.25) is 0 Å². The minimum absolute atomic E-state index is 0.0271. The van der Waals surface area contributed by atoms with Crippen LogP contribution >= 0.6 is 0 Å². The third-order valence-electron chi connectivity index (χ3n) is 3.80. The van der Waals surface area contributed by atoms with E-state index in [4.69, 9.17) is 9.84 Å². The quantitative estimate of drug-likeness (QED) is 0.824. The molecule has 0 saturated carbocycles. The second-order valence-electron chi connectivity index (χ2n) is 5.61. The fourth-order valence-electron chi connectivity index (χ4n) is 2.41. The minimum Gasteiger partial charge on any atom is -0.481 e. The highest BCUT2D eigenvalue weighted by Crippen LogP contribution is 2.22. The van der Waals surface area contributed by atoms with Gasteiger partial charge in [0.15, 0.2) is 0 Å². The molecule has 0 aromatic heterocycles. The number of carboxylic acids is 1. The van der Waals surface area contributed by atoms with Gasteiger partial charge in [0.05, 0.1) is 12.5 Å². The molecule has 0 aliphatic rings. The molecule has 132 valence electrons. The molecular formula is C19H20FNO4. The Labute approximate surface area is 145 Å². The molecule has 0 spiro atoms. The summed E-state index contributed by atoms with van der Waals surface area (Å²) in [5.74, 6) is -1.44. The Kier molecular flexibility index (Phi) is 6.51. The van der Waals surface area contributed by atoms with Gasteiger partial charge in [0.1, 0.15) is 12.4 Å². The third-order valence-corrected chi connectivity index (χ3v) is 3.80. The van der Waals surface area contributed by atoms with Gasteiger partial charge in [0, 0.05) is 6.54 Å². The van der Waals surface area contributed by atoms with Gasteiger partial charge in [-0.3, -0.25) is 4.79 Å². The van der Waals surface area contributed by atoms with Crippen molar-refractivity contribution in [3.8, 4) is 0 Å². The molecule has 1 unspecified atom stereocenters. The number of hydrogen-bond acceptors (Lipinski definition) is 3. The van der Waals surface area contributed by atoms with Gasteiger partial charge in [-0.05, 0) is 30.2 Å². The van der Waals surface area contributed by atoms with Crippen molar-refractivity contribution < 1.29 is 23.8 Å². The molecule has 25 heavy (non-hydrogen) atoms. The first-order valence-electron chi connectivity index (χ1n) is 7.92. The summed E-state index contributed by atoms with van der Waals surface area (Å²) in [6.07, 6.45) is -0.859. The molecule has 5 nitrogen and oxygen atoms in total. The van der Waals surface area contributed by atoms with Crippen LogP contribution < -0.4 is 0 Å². The van der Waals surface area contributed by atoms with Crippen LogP contribution in [0.3, 0.4) is 0 Å². The van der Waals surface area contributed by atoms with Crippen molar-refractivity contribution in [1.82, 2.24) is 4.90 Å². The van der Waals surface area contributed by atoms with Gasteiger partial charge in [-0.1, -0.05) is 42.5 Å². The van der Waals surface area contributed by atoms with E-state index >= 15 is 0 Å². The molecule has 1 amide bonds. The van der Waals surface area contributed by atoms with Crippen LogP contribution in [-0.4, -0.2) is 28.6 Å². The molecule has 1 atom stereocenters. The molecule has 2 aromatic carbocycles. The lowest BCUT2D eigenvalue weighted by atomic mass is 10.1. The monoisotopic (exact) mass is 345 g/mol. The van der Waals surface area contributed by atoms with Gasteiger partial charge in [-0.25, -0.2) is 9.18 Å². The molecule has 2 rings (SSSR count). The molecule has 0 aliphatic heterocycles. The van der Waals surface area contributed by atoms with Crippen molar-refractivity contribution in [3.05, 3.63) is 71.5 Å². The first-order chi connectivity index (χ1) is 12.0. The van der Waals surface area contributed by atoms with Crippen molar-refractivity contribution >= 4 is 12.1 Å². The van der Waals surface area contributed by atoms with Crippen molar-refractivity contribution in [2.75, 3.05) is 6.54 Å². The van der Waals surface area contributed by atoms with Gasteiger partial charge < -0.3 is 14.7 Å². The highest BCUT2D eigenvalue weighted by molar-refractivity contribution is 5.71. The summed E-state index contributed by atoms with van der Waals surface area (Å²) in [6, 6.07) is 14.5. The van der Waals surface area contributed by atoms with Crippen LogP contribution in [0, 0.1) is 5.82 Å². The number of amides is 1. The smallest absolute Gasteiger partial charge is 0.410 e. The molecule has 0 saturated heterocycles. The predicted molar refractivity (Wildman–Crippen MR) is 90.4 cm³/mol. The van der Waals surface area contributed by atoms with Crippen molar-refractivity contribution in [1.29, 1.82) is 0 Å². The Morgan fingerprint density at radius 1 is 1.16 bits per heavy atom. The lowest BCUT2D eigenvalue weighted by Gasteiger charge is -2.28. The molecule has 1 N–H and O–H groups in total. The van der Waals surface area contributed by atoms with Gasteiger partial charge in [-0.15, -0.1) is 0 Å². The van der Waals surface area contributed by atoms with Crippen LogP contribution in [0.15, 0.2) is 54.6 Å². The first kappa shape index (κ1) is 18.4. The van der Waals surface area contributed by atoms with E-state index in [1.807, 2.05) is 30.3 Å². The molecule has 0 bridgehead atoms. The number of aliphatic carboxylic acids is 1. The summed E-state index contributed by atoms with van der Waals surface area (Å²) in [5.41, 5.74) is 1.40. The highest BCUT2D eigenvalue weighted by atomic mass is 19.1. The van der Waals surface area contributed by atoms with Crippen molar-refractivity contribution in [2.24, 2.45) is 0 Å². The van der Waals surface area contributed by atoms with Crippen LogP contribution in [-0.2, 0) is 16.1 Å². The number of ether oxygens (including phenoxy) is 1. The van der Waals surface area contributed by atoms with E-state index in [1.165, 1.54) is 17.0 Å². The largest absolute Gasteiger partial charge is 0.481 e. The molecular weight excluding hydrogens is 325 g/mol. The van der Waals surface area contributed by atoms with Crippen molar-refractivity contribution in [2.45, 2.75) is 26.0 Å². The minimum atomic E-state index is -1.02. The van der Waals surface area contributed by atoms with Crippen LogP contribution in [0.1, 0.15) is 30.5 Å². The Morgan fingerprint density at radius 3 is 2.52 bits per heavy atom. The lowest BCUT2D eigenvalue weighted by Crippen LogP contribution is -2.35. The number of carbonyl (C=O) groups excluding carboxylic acids is 1. The Morgan fingerprint density at radius 2 is 1.88 bits per heavy atom. The van der Waals surface area contributed by atoms with E-state index in [1.54, 1.807) is 19.1 Å². The second kappa shape index (κ2) is 8.82. The second-order valence-corrected chi connectivity index (χ2v) is 5.61. The van der Waals surface area contributed by atoms with Crippen LogP contribution in [0.2, 0.25) is 0 Å². The molecule has 0 fully saturated rings. The number of rotatable bonds is 7. The number of carboxylic acid groups (broad SMARTS) is 1. The van der Waals surface area contributed by atoms with Crippen molar-refractivity contribution in [3.63, 3.8) is 0 Å². The van der Waals surface area contributed by atoms with Crippen LogP contribution in [0.5, 0.6) is 0 Å². The number of benzene rings is 2. The summed E-state index contributed by atoms with van der Waals surface area (Å²) in [5, 5.41) is 8.91. The van der Waals surface area contributed by atoms with Crippen LogP contribution in [0.25, 0.3) is 0 Å². The van der Waals surface area contributed by atoms with E-state index in [2.05, 4.69) is 0 Å². The summed E-state index contributed by atoms with van der Waals surface area (Å²) >= 11 is 0. The fourth-order valence-corrected chi connectivity index (χ4v) is 2.41. The highest BCUT2D eigenvalue weighted by Gasteiger charge is 2.24. The number of halogens is 1. The van der Waals surface area contributed by atoms with E-state index in [9.17, 15) is 14.0 Å². The predicted octanol–water partition coefficient (Wildman–Crippen LogP) is 4.00.